The van der Waals surface area contributed by atoms with Crippen molar-refractivity contribution < 1.29 is 9.53 Å². The van der Waals surface area contributed by atoms with Gasteiger partial charge in [-0.1, -0.05) is 19.9 Å². The van der Waals surface area contributed by atoms with Gasteiger partial charge in [-0.05, 0) is 74.9 Å². The summed E-state index contributed by atoms with van der Waals surface area (Å²) in [4.78, 5) is 17.0. The Morgan fingerprint density at radius 2 is 1.85 bits per heavy atom. The maximum Gasteiger partial charge on any atom is 0.225 e. The van der Waals surface area contributed by atoms with Crippen molar-refractivity contribution in [1.82, 2.24) is 9.80 Å². The van der Waals surface area contributed by atoms with E-state index in [-0.39, 0.29) is 5.92 Å². The van der Waals surface area contributed by atoms with Crippen LogP contribution in [0.5, 0.6) is 5.75 Å². The average molecular weight is 359 g/mol. The van der Waals surface area contributed by atoms with Crippen molar-refractivity contribution in [3.8, 4) is 5.75 Å². The molecule has 4 nitrogen and oxygen atoms in total. The molecule has 1 aromatic carbocycles. The summed E-state index contributed by atoms with van der Waals surface area (Å²) in [6.45, 7) is 12.2. The highest BCUT2D eigenvalue weighted by atomic mass is 16.5. The van der Waals surface area contributed by atoms with Crippen molar-refractivity contribution in [2.75, 3.05) is 39.3 Å². The first-order valence-electron chi connectivity index (χ1n) is 10.3. The Morgan fingerprint density at radius 3 is 2.46 bits per heavy atom. The van der Waals surface area contributed by atoms with Crippen LogP contribution < -0.4 is 4.74 Å². The van der Waals surface area contributed by atoms with Crippen molar-refractivity contribution in [1.29, 1.82) is 0 Å². The molecule has 0 unspecified atom stereocenters. The van der Waals surface area contributed by atoms with Crippen LogP contribution in [-0.4, -0.2) is 55.0 Å². The second kappa shape index (κ2) is 8.90. The highest BCUT2D eigenvalue weighted by Gasteiger charge is 2.29. The second-order valence-corrected chi connectivity index (χ2v) is 8.17. The summed E-state index contributed by atoms with van der Waals surface area (Å²) < 4.78 is 5.96. The Balaban J connectivity index is 1.39. The summed E-state index contributed by atoms with van der Waals surface area (Å²) in [7, 11) is 0. The van der Waals surface area contributed by atoms with Gasteiger partial charge in [0.05, 0.1) is 0 Å². The van der Waals surface area contributed by atoms with E-state index < -0.39 is 0 Å². The monoisotopic (exact) mass is 358 g/mol. The fourth-order valence-electron chi connectivity index (χ4n) is 4.28. The van der Waals surface area contributed by atoms with Crippen LogP contribution in [0.3, 0.4) is 0 Å². The summed E-state index contributed by atoms with van der Waals surface area (Å²) in [6, 6.07) is 6.42. The fourth-order valence-corrected chi connectivity index (χ4v) is 4.28. The Labute approximate surface area is 158 Å². The van der Waals surface area contributed by atoms with E-state index in [1.165, 1.54) is 24.0 Å². The number of hydrogen-bond donors (Lipinski definition) is 0. The molecule has 26 heavy (non-hydrogen) atoms. The first-order valence-corrected chi connectivity index (χ1v) is 10.3. The molecule has 0 N–H and O–H groups in total. The lowest BCUT2D eigenvalue weighted by Crippen LogP contribution is -2.42. The lowest BCUT2D eigenvalue weighted by Gasteiger charge is -2.33. The molecule has 1 aromatic rings. The van der Waals surface area contributed by atoms with E-state index in [1.807, 2.05) is 0 Å². The van der Waals surface area contributed by atoms with Gasteiger partial charge in [0.15, 0.2) is 0 Å². The number of piperidine rings is 1. The van der Waals surface area contributed by atoms with Crippen LogP contribution in [0.2, 0.25) is 0 Å². The number of carbonyl (C=O) groups is 1. The molecule has 0 radical (unpaired) electrons. The van der Waals surface area contributed by atoms with Gasteiger partial charge in [0.1, 0.15) is 12.4 Å². The van der Waals surface area contributed by atoms with E-state index in [9.17, 15) is 4.79 Å². The van der Waals surface area contributed by atoms with Gasteiger partial charge in [0, 0.05) is 25.6 Å². The number of rotatable bonds is 6. The number of carbonyl (C=O) groups excluding carboxylic acids is 1. The Morgan fingerprint density at radius 1 is 1.15 bits per heavy atom. The zero-order valence-corrected chi connectivity index (χ0v) is 16.7. The van der Waals surface area contributed by atoms with Gasteiger partial charge >= 0.3 is 0 Å². The molecular weight excluding hydrogens is 324 g/mol. The number of hydrogen-bond acceptors (Lipinski definition) is 3. The number of likely N-dealkylation sites (tertiary alicyclic amines) is 2. The number of amides is 1. The topological polar surface area (TPSA) is 32.8 Å². The van der Waals surface area contributed by atoms with Crippen molar-refractivity contribution >= 4 is 5.91 Å². The third-order valence-electron chi connectivity index (χ3n) is 5.89. The molecular formula is C22H34N2O2. The number of benzene rings is 1. The molecule has 2 aliphatic rings. The smallest absolute Gasteiger partial charge is 0.225 e. The van der Waals surface area contributed by atoms with Crippen LogP contribution >= 0.6 is 0 Å². The minimum absolute atomic E-state index is 0.247. The highest BCUT2D eigenvalue weighted by molar-refractivity contribution is 5.79. The van der Waals surface area contributed by atoms with Crippen LogP contribution in [-0.2, 0) is 4.79 Å². The van der Waals surface area contributed by atoms with E-state index in [1.54, 1.807) is 0 Å². The van der Waals surface area contributed by atoms with E-state index >= 15 is 0 Å². The fraction of sp³-hybridized carbons (Fsp3) is 0.682. The zero-order valence-electron chi connectivity index (χ0n) is 16.7. The van der Waals surface area contributed by atoms with E-state index in [0.717, 1.165) is 51.3 Å². The van der Waals surface area contributed by atoms with Gasteiger partial charge in [-0.2, -0.15) is 0 Å². The summed E-state index contributed by atoms with van der Waals surface area (Å²) in [5.41, 5.74) is 2.70. The maximum atomic E-state index is 12.5. The Kier molecular flexibility index (Phi) is 6.58. The Bertz CT molecular complexity index is 600. The third kappa shape index (κ3) is 4.79. The van der Waals surface area contributed by atoms with Crippen LogP contribution in [0.25, 0.3) is 0 Å². The van der Waals surface area contributed by atoms with E-state index in [4.69, 9.17) is 4.74 Å². The molecule has 0 aromatic heterocycles. The minimum atomic E-state index is 0.247. The zero-order chi connectivity index (χ0) is 18.5. The molecule has 0 saturated carbocycles. The maximum absolute atomic E-state index is 12.5. The molecule has 2 heterocycles. The molecule has 4 heteroatoms. The molecule has 1 amide bonds. The summed E-state index contributed by atoms with van der Waals surface area (Å²) in [6.07, 6.45) is 4.36. The van der Waals surface area contributed by atoms with Gasteiger partial charge in [-0.15, -0.1) is 0 Å². The molecule has 2 fully saturated rings. The lowest BCUT2D eigenvalue weighted by atomic mass is 9.95. The van der Waals surface area contributed by atoms with Crippen molar-refractivity contribution in [3.05, 3.63) is 29.3 Å². The molecule has 0 atom stereocenters. The number of aryl methyl sites for hydroxylation is 1. The normalized spacial score (nSPS) is 19.3. The molecule has 2 aliphatic heterocycles. The van der Waals surface area contributed by atoms with Gasteiger partial charge in [-0.25, -0.2) is 0 Å². The molecule has 0 aliphatic carbocycles. The summed E-state index contributed by atoms with van der Waals surface area (Å²) >= 11 is 0. The summed E-state index contributed by atoms with van der Waals surface area (Å²) in [5, 5.41) is 0. The van der Waals surface area contributed by atoms with E-state index in [0.29, 0.717) is 18.4 Å². The minimum Gasteiger partial charge on any atom is -0.492 e. The molecule has 0 spiro atoms. The number of nitrogens with zero attached hydrogens (tertiary/aromatic N) is 2. The summed E-state index contributed by atoms with van der Waals surface area (Å²) in [5.74, 6) is 2.16. The van der Waals surface area contributed by atoms with Crippen molar-refractivity contribution in [3.63, 3.8) is 0 Å². The van der Waals surface area contributed by atoms with Gasteiger partial charge < -0.3 is 9.64 Å². The highest BCUT2D eigenvalue weighted by Crippen LogP contribution is 2.24. The lowest BCUT2D eigenvalue weighted by molar-refractivity contribution is -0.136. The molecule has 2 saturated heterocycles. The van der Waals surface area contributed by atoms with Crippen LogP contribution in [0.15, 0.2) is 18.2 Å². The van der Waals surface area contributed by atoms with Gasteiger partial charge in [-0.3, -0.25) is 9.69 Å². The van der Waals surface area contributed by atoms with Crippen LogP contribution in [0, 0.1) is 12.8 Å². The molecule has 0 bridgehead atoms. The number of ether oxygens (including phenoxy) is 1. The predicted molar refractivity (Wildman–Crippen MR) is 106 cm³/mol. The van der Waals surface area contributed by atoms with Crippen LogP contribution in [0.1, 0.15) is 56.6 Å². The molecule has 144 valence electrons. The first-order chi connectivity index (χ1) is 12.5. The first kappa shape index (κ1) is 19.2. The predicted octanol–water partition coefficient (Wildman–Crippen LogP) is 3.83. The second-order valence-electron chi connectivity index (χ2n) is 8.17. The van der Waals surface area contributed by atoms with Gasteiger partial charge in [0.25, 0.3) is 0 Å². The van der Waals surface area contributed by atoms with Crippen molar-refractivity contribution in [2.45, 2.75) is 52.4 Å². The van der Waals surface area contributed by atoms with Crippen molar-refractivity contribution in [2.24, 2.45) is 5.92 Å². The third-order valence-corrected chi connectivity index (χ3v) is 5.89. The van der Waals surface area contributed by atoms with Crippen LogP contribution in [0.4, 0.5) is 0 Å². The largest absolute Gasteiger partial charge is 0.492 e. The standard InChI is InChI=1S/C22H34N2O2/c1-17(2)21-7-6-20(16-18(21)3)26-15-14-23-12-8-19(9-13-23)22(25)24-10-4-5-11-24/h6-7,16-17,19H,4-5,8-15H2,1-3H3. The van der Waals surface area contributed by atoms with E-state index in [2.05, 4.69) is 48.8 Å². The quantitative estimate of drug-likeness (QED) is 0.775. The SMILES string of the molecule is Cc1cc(OCCN2CCC(C(=O)N3CCCC3)CC2)ccc1C(C)C. The van der Waals surface area contributed by atoms with Gasteiger partial charge in [0.2, 0.25) is 5.91 Å². The average Bonchev–Trinajstić information content (AvgIpc) is 3.16. The molecule has 3 rings (SSSR count). The Hall–Kier alpha value is -1.55.